The number of carbonyl (C=O) groups excluding carboxylic acids is 1. The number of nitrogens with zero attached hydrogens (tertiary/aromatic N) is 3. The number of sulfonamides is 1. The predicted molar refractivity (Wildman–Crippen MR) is 158 cm³/mol. The molecule has 0 spiro atoms. The second kappa shape index (κ2) is 11.1. The molecule has 4 aromatic rings. The highest BCUT2D eigenvalue weighted by atomic mass is 32.2. The SMILES string of the molecule is C[C@H]1CCCN(S(=O)(=O)c2ccc(NC(=O)c3c4c(nc5ccccc35)CCN(Cc3ccccc3)C4)cc2)C1. The quantitative estimate of drug-likeness (QED) is 0.342. The lowest BCUT2D eigenvalue weighted by molar-refractivity contribution is 0.102. The molecule has 0 aliphatic carbocycles. The van der Waals surface area contributed by atoms with Gasteiger partial charge >= 0.3 is 0 Å². The number of aromatic nitrogens is 1. The first kappa shape index (κ1) is 26.6. The first-order valence-corrected chi connectivity index (χ1v) is 15.4. The fraction of sp³-hybridized carbons (Fsp3) is 0.312. The summed E-state index contributed by atoms with van der Waals surface area (Å²) in [6.45, 7) is 5.49. The van der Waals surface area contributed by atoms with Crippen molar-refractivity contribution in [3.8, 4) is 0 Å². The van der Waals surface area contributed by atoms with Crippen LogP contribution in [0.4, 0.5) is 5.69 Å². The summed E-state index contributed by atoms with van der Waals surface area (Å²) >= 11 is 0. The second-order valence-corrected chi connectivity index (χ2v) is 12.9. The average Bonchev–Trinajstić information content (AvgIpc) is 2.97. The summed E-state index contributed by atoms with van der Waals surface area (Å²) < 4.78 is 27.9. The summed E-state index contributed by atoms with van der Waals surface area (Å²) in [5, 5.41) is 3.85. The van der Waals surface area contributed by atoms with E-state index in [9.17, 15) is 13.2 Å². The Balaban J connectivity index is 1.27. The van der Waals surface area contributed by atoms with Crippen molar-refractivity contribution in [1.29, 1.82) is 0 Å². The number of pyridine rings is 1. The van der Waals surface area contributed by atoms with Crippen molar-refractivity contribution < 1.29 is 13.2 Å². The molecule has 0 radical (unpaired) electrons. The molecule has 3 aromatic carbocycles. The van der Waals surface area contributed by atoms with Gasteiger partial charge in [-0.15, -0.1) is 0 Å². The number of rotatable bonds is 6. The van der Waals surface area contributed by atoms with Crippen LogP contribution in [-0.4, -0.2) is 48.1 Å². The van der Waals surface area contributed by atoms with Crippen molar-refractivity contribution in [1.82, 2.24) is 14.2 Å². The van der Waals surface area contributed by atoms with Crippen LogP contribution in [0, 0.1) is 5.92 Å². The molecule has 206 valence electrons. The van der Waals surface area contributed by atoms with Crippen molar-refractivity contribution in [2.24, 2.45) is 5.92 Å². The van der Waals surface area contributed by atoms with Crippen LogP contribution in [0.2, 0.25) is 0 Å². The van der Waals surface area contributed by atoms with Gasteiger partial charge in [0.25, 0.3) is 5.91 Å². The van der Waals surface area contributed by atoms with Gasteiger partial charge in [-0.25, -0.2) is 8.42 Å². The summed E-state index contributed by atoms with van der Waals surface area (Å²) in [6, 6.07) is 24.7. The average molecular weight is 555 g/mol. The van der Waals surface area contributed by atoms with Crippen molar-refractivity contribution in [2.45, 2.75) is 44.2 Å². The van der Waals surface area contributed by atoms with E-state index in [1.807, 2.05) is 42.5 Å². The van der Waals surface area contributed by atoms with Gasteiger partial charge in [0.2, 0.25) is 10.0 Å². The molecule has 3 heterocycles. The third-order valence-electron chi connectivity index (χ3n) is 7.97. The van der Waals surface area contributed by atoms with Crippen LogP contribution in [0.15, 0.2) is 83.8 Å². The third kappa shape index (κ3) is 5.39. The van der Waals surface area contributed by atoms with Gasteiger partial charge in [0.1, 0.15) is 0 Å². The smallest absolute Gasteiger partial charge is 0.256 e. The molecule has 0 saturated carbocycles. The molecule has 8 heteroatoms. The molecule has 0 unspecified atom stereocenters. The van der Waals surface area contributed by atoms with E-state index in [0.29, 0.717) is 36.8 Å². The molecular weight excluding hydrogens is 520 g/mol. The molecule has 1 aromatic heterocycles. The van der Waals surface area contributed by atoms with Gasteiger partial charge in [-0.2, -0.15) is 4.31 Å². The number of piperidine rings is 1. The number of carbonyl (C=O) groups is 1. The molecule has 1 saturated heterocycles. The van der Waals surface area contributed by atoms with E-state index < -0.39 is 10.0 Å². The zero-order valence-electron chi connectivity index (χ0n) is 22.7. The van der Waals surface area contributed by atoms with Crippen LogP contribution in [0.3, 0.4) is 0 Å². The van der Waals surface area contributed by atoms with Gasteiger partial charge < -0.3 is 5.32 Å². The van der Waals surface area contributed by atoms with Gasteiger partial charge in [-0.3, -0.25) is 14.7 Å². The molecule has 40 heavy (non-hydrogen) atoms. The van der Waals surface area contributed by atoms with Gasteiger partial charge in [0, 0.05) is 61.5 Å². The number of benzene rings is 3. The third-order valence-corrected chi connectivity index (χ3v) is 9.85. The van der Waals surface area contributed by atoms with Gasteiger partial charge in [0.15, 0.2) is 0 Å². The fourth-order valence-corrected chi connectivity index (χ4v) is 7.50. The molecule has 0 bridgehead atoms. The highest BCUT2D eigenvalue weighted by Crippen LogP contribution is 2.30. The van der Waals surface area contributed by atoms with Crippen molar-refractivity contribution in [3.05, 3.63) is 101 Å². The van der Waals surface area contributed by atoms with E-state index in [4.69, 9.17) is 4.98 Å². The van der Waals surface area contributed by atoms with Gasteiger partial charge in [-0.1, -0.05) is 55.5 Å². The second-order valence-electron chi connectivity index (χ2n) is 11.0. The van der Waals surface area contributed by atoms with Gasteiger partial charge in [0.05, 0.1) is 16.0 Å². The Hall–Kier alpha value is -3.59. The molecular formula is C32H34N4O3S. The zero-order chi connectivity index (χ0) is 27.7. The maximum Gasteiger partial charge on any atom is 0.256 e. The maximum absolute atomic E-state index is 13.8. The number of anilines is 1. The lowest BCUT2D eigenvalue weighted by atomic mass is 9.95. The van der Waals surface area contributed by atoms with E-state index in [-0.39, 0.29) is 10.8 Å². The normalized spacial score (nSPS) is 18.4. The minimum absolute atomic E-state index is 0.211. The highest BCUT2D eigenvalue weighted by Gasteiger charge is 2.29. The molecule has 2 aliphatic heterocycles. The topological polar surface area (TPSA) is 82.6 Å². The summed E-state index contributed by atoms with van der Waals surface area (Å²) in [5.41, 5.74) is 5.15. The van der Waals surface area contributed by atoms with E-state index in [1.54, 1.807) is 28.6 Å². The Morgan fingerprint density at radius 1 is 0.975 bits per heavy atom. The standard InChI is InChI=1S/C32H34N4O3S/c1-23-8-7-18-36(20-23)40(38,39)26-15-13-25(14-16-26)33-32(37)31-27-11-5-6-12-29(27)34-30-17-19-35(22-28(30)31)21-24-9-3-2-4-10-24/h2-6,9-16,23H,7-8,17-22H2,1H3,(H,33,37)/t23-/m0/s1. The summed E-state index contributed by atoms with van der Waals surface area (Å²) in [6.07, 6.45) is 2.70. The van der Waals surface area contributed by atoms with Crippen LogP contribution in [0.25, 0.3) is 10.9 Å². The summed E-state index contributed by atoms with van der Waals surface area (Å²) in [4.78, 5) is 21.4. The number of nitrogens with one attached hydrogen (secondary N) is 1. The summed E-state index contributed by atoms with van der Waals surface area (Å²) in [7, 11) is -3.56. The molecule has 1 amide bonds. The summed E-state index contributed by atoms with van der Waals surface area (Å²) in [5.74, 6) is 0.142. The minimum atomic E-state index is -3.56. The predicted octanol–water partition coefficient (Wildman–Crippen LogP) is 5.47. The first-order chi connectivity index (χ1) is 19.4. The lowest BCUT2D eigenvalue weighted by Gasteiger charge is -2.30. The molecule has 2 aliphatic rings. The van der Waals surface area contributed by atoms with Crippen molar-refractivity contribution in [3.63, 3.8) is 0 Å². The van der Waals surface area contributed by atoms with Crippen LogP contribution < -0.4 is 5.32 Å². The van der Waals surface area contributed by atoms with Crippen molar-refractivity contribution in [2.75, 3.05) is 25.0 Å². The van der Waals surface area contributed by atoms with Crippen LogP contribution in [0.1, 0.15) is 46.9 Å². The molecule has 7 nitrogen and oxygen atoms in total. The van der Waals surface area contributed by atoms with E-state index in [2.05, 4.69) is 29.3 Å². The number of para-hydroxylation sites is 1. The molecule has 1 atom stereocenters. The van der Waals surface area contributed by atoms with Crippen LogP contribution in [-0.2, 0) is 29.5 Å². The molecule has 1 fully saturated rings. The first-order valence-electron chi connectivity index (χ1n) is 14.0. The number of amides is 1. The maximum atomic E-state index is 13.8. The van der Waals surface area contributed by atoms with Crippen LogP contribution >= 0.6 is 0 Å². The largest absolute Gasteiger partial charge is 0.322 e. The monoisotopic (exact) mass is 554 g/mol. The van der Waals surface area contributed by atoms with Crippen LogP contribution in [0.5, 0.6) is 0 Å². The number of hydrogen-bond acceptors (Lipinski definition) is 5. The van der Waals surface area contributed by atoms with E-state index >= 15 is 0 Å². The van der Waals surface area contributed by atoms with Gasteiger partial charge in [-0.05, 0) is 54.7 Å². The Kier molecular flexibility index (Phi) is 7.40. The Bertz CT molecular complexity index is 1640. The number of fused-ring (bicyclic) bond motifs is 2. The fourth-order valence-electron chi connectivity index (χ4n) is 5.90. The molecule has 1 N–H and O–H groups in total. The zero-order valence-corrected chi connectivity index (χ0v) is 23.5. The molecule has 6 rings (SSSR count). The Labute approximate surface area is 235 Å². The van der Waals surface area contributed by atoms with E-state index in [1.165, 1.54) is 5.56 Å². The number of hydrogen-bond donors (Lipinski definition) is 1. The lowest BCUT2D eigenvalue weighted by Crippen LogP contribution is -2.39. The van der Waals surface area contributed by atoms with E-state index in [0.717, 1.165) is 54.5 Å². The van der Waals surface area contributed by atoms with Crippen molar-refractivity contribution >= 4 is 32.5 Å². The Morgan fingerprint density at radius 2 is 1.73 bits per heavy atom. The Morgan fingerprint density at radius 3 is 2.50 bits per heavy atom. The highest BCUT2D eigenvalue weighted by molar-refractivity contribution is 7.89. The minimum Gasteiger partial charge on any atom is -0.322 e.